The number of carbonyl (C=O) groups excluding carboxylic acids is 1. The first-order chi connectivity index (χ1) is 13.8. The van der Waals surface area contributed by atoms with E-state index in [1.807, 2.05) is 25.3 Å². The predicted molar refractivity (Wildman–Crippen MR) is 108 cm³/mol. The van der Waals surface area contributed by atoms with Gasteiger partial charge in [0.05, 0.1) is 23.4 Å². The van der Waals surface area contributed by atoms with Gasteiger partial charge in [-0.25, -0.2) is 4.98 Å². The van der Waals surface area contributed by atoms with Crippen LogP contribution in [-0.4, -0.2) is 38.0 Å². The SMILES string of the molecule is CCOc1cc2nn(CCC(C)(C)O)cc2cc1NC(=O)c1coc(C2CC2)n1. The zero-order chi connectivity index (χ0) is 20.6. The number of benzene rings is 1. The van der Waals surface area contributed by atoms with Crippen LogP contribution in [0.4, 0.5) is 5.69 Å². The van der Waals surface area contributed by atoms with Crippen LogP contribution in [0.5, 0.6) is 5.75 Å². The molecule has 3 aromatic rings. The number of ether oxygens (including phenoxy) is 1. The summed E-state index contributed by atoms with van der Waals surface area (Å²) in [6.45, 7) is 6.48. The smallest absolute Gasteiger partial charge is 0.277 e. The molecule has 1 amide bonds. The highest BCUT2D eigenvalue weighted by molar-refractivity contribution is 6.04. The fraction of sp³-hybridized carbons (Fsp3) is 0.476. The molecular weight excluding hydrogens is 372 g/mol. The summed E-state index contributed by atoms with van der Waals surface area (Å²) >= 11 is 0. The molecule has 0 bridgehead atoms. The molecule has 0 aliphatic heterocycles. The number of aromatic nitrogens is 3. The molecule has 29 heavy (non-hydrogen) atoms. The van der Waals surface area contributed by atoms with Gasteiger partial charge in [-0.3, -0.25) is 9.48 Å². The molecule has 4 rings (SSSR count). The first-order valence-corrected chi connectivity index (χ1v) is 9.95. The number of nitrogens with zero attached hydrogens (tertiary/aromatic N) is 3. The number of rotatable bonds is 8. The van der Waals surface area contributed by atoms with Crippen LogP contribution in [0, 0.1) is 0 Å². The van der Waals surface area contributed by atoms with Crippen molar-refractivity contribution >= 4 is 22.5 Å². The van der Waals surface area contributed by atoms with Crippen molar-refractivity contribution in [3.8, 4) is 5.75 Å². The van der Waals surface area contributed by atoms with Gasteiger partial charge in [0, 0.05) is 30.1 Å². The van der Waals surface area contributed by atoms with Gasteiger partial charge in [-0.05, 0) is 46.1 Å². The van der Waals surface area contributed by atoms with Crippen molar-refractivity contribution in [3.63, 3.8) is 0 Å². The molecule has 8 nitrogen and oxygen atoms in total. The average Bonchev–Trinajstić information content (AvgIpc) is 3.24. The number of aryl methyl sites for hydroxylation is 1. The second kappa shape index (κ2) is 7.51. The Balaban J connectivity index is 1.57. The molecule has 0 unspecified atom stereocenters. The Bertz CT molecular complexity index is 1030. The highest BCUT2D eigenvalue weighted by Crippen LogP contribution is 2.39. The number of hydrogen-bond acceptors (Lipinski definition) is 6. The van der Waals surface area contributed by atoms with E-state index in [2.05, 4.69) is 15.4 Å². The molecule has 0 atom stereocenters. The van der Waals surface area contributed by atoms with Crippen LogP contribution in [0.3, 0.4) is 0 Å². The maximum Gasteiger partial charge on any atom is 0.277 e. The number of fused-ring (bicyclic) bond motifs is 1. The minimum absolute atomic E-state index is 0.260. The third-order valence-electron chi connectivity index (χ3n) is 4.84. The van der Waals surface area contributed by atoms with Gasteiger partial charge in [-0.1, -0.05) is 0 Å². The topological polar surface area (TPSA) is 102 Å². The first kappa shape index (κ1) is 19.4. The van der Waals surface area contributed by atoms with Gasteiger partial charge in [0.2, 0.25) is 0 Å². The van der Waals surface area contributed by atoms with Crippen molar-refractivity contribution in [2.24, 2.45) is 0 Å². The summed E-state index contributed by atoms with van der Waals surface area (Å²) in [4.78, 5) is 16.9. The average molecular weight is 398 g/mol. The minimum atomic E-state index is -0.759. The summed E-state index contributed by atoms with van der Waals surface area (Å²) in [6, 6.07) is 3.65. The van der Waals surface area contributed by atoms with E-state index in [1.54, 1.807) is 18.5 Å². The summed E-state index contributed by atoms with van der Waals surface area (Å²) in [5.74, 6) is 1.19. The largest absolute Gasteiger partial charge is 0.492 e. The zero-order valence-corrected chi connectivity index (χ0v) is 16.9. The van der Waals surface area contributed by atoms with Gasteiger partial charge in [-0.2, -0.15) is 5.10 Å². The molecule has 2 N–H and O–H groups in total. The van der Waals surface area contributed by atoms with Crippen molar-refractivity contribution in [2.45, 2.75) is 58.1 Å². The molecule has 0 saturated heterocycles. The van der Waals surface area contributed by atoms with Crippen LogP contribution < -0.4 is 10.1 Å². The third kappa shape index (κ3) is 4.59. The van der Waals surface area contributed by atoms with Crippen molar-refractivity contribution in [3.05, 3.63) is 36.2 Å². The van der Waals surface area contributed by atoms with Crippen LogP contribution in [-0.2, 0) is 6.54 Å². The maximum absolute atomic E-state index is 12.6. The van der Waals surface area contributed by atoms with Crippen molar-refractivity contribution in [1.29, 1.82) is 0 Å². The lowest BCUT2D eigenvalue weighted by atomic mass is 10.1. The zero-order valence-electron chi connectivity index (χ0n) is 16.9. The molecule has 1 saturated carbocycles. The van der Waals surface area contributed by atoms with Crippen LogP contribution in [0.2, 0.25) is 0 Å². The van der Waals surface area contributed by atoms with Gasteiger partial charge >= 0.3 is 0 Å². The Labute approximate surface area is 168 Å². The van der Waals surface area contributed by atoms with Crippen LogP contribution in [0.15, 0.2) is 29.0 Å². The summed E-state index contributed by atoms with van der Waals surface area (Å²) < 4.78 is 12.9. The molecule has 8 heteroatoms. The summed E-state index contributed by atoms with van der Waals surface area (Å²) in [6.07, 6.45) is 6.00. The molecule has 1 aliphatic rings. The molecule has 2 heterocycles. The van der Waals surface area contributed by atoms with E-state index in [0.29, 0.717) is 42.8 Å². The number of amides is 1. The first-order valence-electron chi connectivity index (χ1n) is 9.95. The second-order valence-electron chi connectivity index (χ2n) is 8.09. The van der Waals surface area contributed by atoms with E-state index in [-0.39, 0.29) is 11.6 Å². The van der Waals surface area contributed by atoms with Crippen molar-refractivity contribution in [1.82, 2.24) is 14.8 Å². The molecule has 1 fully saturated rings. The van der Waals surface area contributed by atoms with E-state index in [0.717, 1.165) is 23.7 Å². The lowest BCUT2D eigenvalue weighted by molar-refractivity contribution is 0.0651. The summed E-state index contributed by atoms with van der Waals surface area (Å²) in [7, 11) is 0. The summed E-state index contributed by atoms with van der Waals surface area (Å²) in [5.41, 5.74) is 0.822. The number of hydrogen-bond donors (Lipinski definition) is 2. The molecule has 154 valence electrons. The Morgan fingerprint density at radius 1 is 1.41 bits per heavy atom. The Hall–Kier alpha value is -2.87. The lowest BCUT2D eigenvalue weighted by Gasteiger charge is -2.16. The number of carbonyl (C=O) groups is 1. The van der Waals surface area contributed by atoms with Gasteiger partial charge in [0.1, 0.15) is 12.0 Å². The third-order valence-corrected chi connectivity index (χ3v) is 4.84. The number of anilines is 1. The normalized spacial score (nSPS) is 14.3. The van der Waals surface area contributed by atoms with E-state index < -0.39 is 5.60 Å². The van der Waals surface area contributed by atoms with Gasteiger partial charge in [0.15, 0.2) is 11.6 Å². The fourth-order valence-electron chi connectivity index (χ4n) is 3.07. The Morgan fingerprint density at radius 3 is 2.90 bits per heavy atom. The molecule has 1 aliphatic carbocycles. The monoisotopic (exact) mass is 398 g/mol. The van der Waals surface area contributed by atoms with Crippen molar-refractivity contribution in [2.75, 3.05) is 11.9 Å². The van der Waals surface area contributed by atoms with Crippen LogP contribution >= 0.6 is 0 Å². The predicted octanol–water partition coefficient (Wildman–Crippen LogP) is 3.71. The highest BCUT2D eigenvalue weighted by Gasteiger charge is 2.29. The van der Waals surface area contributed by atoms with E-state index >= 15 is 0 Å². The van der Waals surface area contributed by atoms with Gasteiger partial charge < -0.3 is 19.6 Å². The minimum Gasteiger partial charge on any atom is -0.492 e. The quantitative estimate of drug-likeness (QED) is 0.600. The van der Waals surface area contributed by atoms with Gasteiger partial charge in [-0.15, -0.1) is 0 Å². The molecule has 2 aromatic heterocycles. The standard InChI is InChI=1S/C21H26N4O4/c1-4-28-18-10-15-14(11-25(24-15)8-7-21(2,3)27)9-16(18)22-19(26)17-12-29-20(23-17)13-5-6-13/h9-13,27H,4-8H2,1-3H3,(H,22,26). The van der Waals surface area contributed by atoms with Gasteiger partial charge in [0.25, 0.3) is 5.91 Å². The fourth-order valence-corrected chi connectivity index (χ4v) is 3.07. The van der Waals surface area contributed by atoms with E-state index in [1.165, 1.54) is 6.26 Å². The van der Waals surface area contributed by atoms with Crippen LogP contribution in [0.25, 0.3) is 10.9 Å². The van der Waals surface area contributed by atoms with E-state index in [4.69, 9.17) is 9.15 Å². The highest BCUT2D eigenvalue weighted by atomic mass is 16.5. The number of nitrogens with one attached hydrogen (secondary N) is 1. The number of aliphatic hydroxyl groups is 1. The molecule has 1 aromatic carbocycles. The molecular formula is C21H26N4O4. The van der Waals surface area contributed by atoms with Crippen molar-refractivity contribution < 1.29 is 19.1 Å². The lowest BCUT2D eigenvalue weighted by Crippen LogP contribution is -2.21. The summed E-state index contributed by atoms with van der Waals surface area (Å²) in [5, 5.41) is 18.2. The second-order valence-corrected chi connectivity index (χ2v) is 8.09. The Kier molecular flexibility index (Phi) is 5.04. The maximum atomic E-state index is 12.6. The number of oxazole rings is 1. The molecule has 0 radical (unpaired) electrons. The van der Waals surface area contributed by atoms with Crippen LogP contribution in [0.1, 0.15) is 62.3 Å². The molecule has 0 spiro atoms. The van der Waals surface area contributed by atoms with E-state index in [9.17, 15) is 9.90 Å². The Morgan fingerprint density at radius 2 is 2.21 bits per heavy atom.